The summed E-state index contributed by atoms with van der Waals surface area (Å²) in [4.78, 5) is 18.9. The number of piperazine rings is 1. The van der Waals surface area contributed by atoms with Crippen LogP contribution in [0.5, 0.6) is 0 Å². The molecule has 2 fully saturated rings. The highest BCUT2D eigenvalue weighted by Crippen LogP contribution is 2.38. The number of hydrogen-bond acceptors (Lipinski definition) is 8. The molecule has 0 unspecified atom stereocenters. The van der Waals surface area contributed by atoms with Crippen LogP contribution in [0.4, 0.5) is 21.7 Å². The number of aromatic nitrogens is 4. The van der Waals surface area contributed by atoms with Crippen molar-refractivity contribution in [3.8, 4) is 5.82 Å². The smallest absolute Gasteiger partial charge is 0.229 e. The summed E-state index contributed by atoms with van der Waals surface area (Å²) < 4.78 is 16.5. The molecule has 5 heterocycles. The van der Waals surface area contributed by atoms with Crippen LogP contribution in [-0.4, -0.2) is 74.8 Å². The number of halogens is 1. The summed E-state index contributed by atoms with van der Waals surface area (Å²) in [6.45, 7) is 8.49. The molecule has 1 aliphatic carbocycles. The molecule has 3 N–H and O–H groups in total. The zero-order valence-electron chi connectivity index (χ0n) is 23.5. The number of rotatable bonds is 6. The summed E-state index contributed by atoms with van der Waals surface area (Å²) in [5, 5.41) is 18.1. The van der Waals surface area contributed by atoms with Crippen LogP contribution in [0.3, 0.4) is 0 Å². The fourth-order valence-corrected chi connectivity index (χ4v) is 6.63. The van der Waals surface area contributed by atoms with E-state index < -0.39 is 11.4 Å². The molecule has 1 atom stereocenters. The van der Waals surface area contributed by atoms with E-state index in [2.05, 4.69) is 42.5 Å². The minimum atomic E-state index is -0.943. The fraction of sp³-hybridized carbons (Fsp3) is 0.452. The van der Waals surface area contributed by atoms with Gasteiger partial charge in [-0.3, -0.25) is 9.47 Å². The average Bonchev–Trinajstić information content (AvgIpc) is 3.54. The van der Waals surface area contributed by atoms with Gasteiger partial charge in [-0.1, -0.05) is 13.0 Å². The van der Waals surface area contributed by atoms with Gasteiger partial charge in [-0.25, -0.2) is 14.4 Å². The lowest BCUT2D eigenvalue weighted by Crippen LogP contribution is -2.52. The van der Waals surface area contributed by atoms with Crippen LogP contribution in [0.2, 0.25) is 0 Å². The number of fused-ring (bicyclic) bond motifs is 2. The van der Waals surface area contributed by atoms with Crippen LogP contribution >= 0.6 is 0 Å². The SMILES string of the molecule is CC[C@@]1(O)CCc2ccc(-n3cc(F)c4cnc(Nc5ccc(N6CCN(C7CCNCC7)CC6)cc5)nc43)nc21. The lowest BCUT2D eigenvalue weighted by atomic mass is 9.98. The van der Waals surface area contributed by atoms with Crippen molar-refractivity contribution >= 4 is 28.4 Å². The van der Waals surface area contributed by atoms with Gasteiger partial charge in [0.2, 0.25) is 5.95 Å². The molecule has 2 aliphatic heterocycles. The van der Waals surface area contributed by atoms with E-state index in [-0.39, 0.29) is 0 Å². The number of benzene rings is 1. The number of nitrogens with one attached hydrogen (secondary N) is 2. The third kappa shape index (κ3) is 4.94. The zero-order chi connectivity index (χ0) is 28.0. The van der Waals surface area contributed by atoms with Crippen molar-refractivity contribution in [2.45, 2.75) is 50.7 Å². The minimum absolute atomic E-state index is 0.322. The van der Waals surface area contributed by atoms with Crippen molar-refractivity contribution in [1.29, 1.82) is 0 Å². The van der Waals surface area contributed by atoms with Gasteiger partial charge < -0.3 is 20.6 Å². The molecule has 10 heteroatoms. The van der Waals surface area contributed by atoms with Gasteiger partial charge in [0.25, 0.3) is 0 Å². The molecular weight excluding hydrogens is 519 g/mol. The van der Waals surface area contributed by atoms with Gasteiger partial charge in [0.05, 0.1) is 11.1 Å². The Morgan fingerprint density at radius 3 is 2.59 bits per heavy atom. The number of anilines is 3. The number of pyridine rings is 1. The van der Waals surface area contributed by atoms with Gasteiger partial charge >= 0.3 is 0 Å². The minimum Gasteiger partial charge on any atom is -0.384 e. The van der Waals surface area contributed by atoms with Gasteiger partial charge in [0.1, 0.15) is 11.4 Å². The van der Waals surface area contributed by atoms with E-state index in [9.17, 15) is 9.50 Å². The molecule has 7 rings (SSSR count). The molecule has 3 aliphatic rings. The first kappa shape index (κ1) is 26.3. The predicted molar refractivity (Wildman–Crippen MR) is 159 cm³/mol. The Morgan fingerprint density at radius 2 is 1.83 bits per heavy atom. The first-order valence-electron chi connectivity index (χ1n) is 14.8. The van der Waals surface area contributed by atoms with Gasteiger partial charge in [-0.15, -0.1) is 0 Å². The molecule has 0 amide bonds. The second-order valence-corrected chi connectivity index (χ2v) is 11.5. The maximum absolute atomic E-state index is 14.9. The van der Waals surface area contributed by atoms with Crippen molar-refractivity contribution in [2.24, 2.45) is 0 Å². The van der Waals surface area contributed by atoms with Crippen LogP contribution in [0.1, 0.15) is 43.9 Å². The molecule has 3 aromatic heterocycles. The third-order valence-electron chi connectivity index (χ3n) is 9.17. The largest absolute Gasteiger partial charge is 0.384 e. The maximum Gasteiger partial charge on any atom is 0.229 e. The molecule has 0 saturated carbocycles. The Morgan fingerprint density at radius 1 is 1.05 bits per heavy atom. The van der Waals surface area contributed by atoms with Crippen molar-refractivity contribution in [2.75, 3.05) is 49.5 Å². The highest BCUT2D eigenvalue weighted by atomic mass is 19.1. The van der Waals surface area contributed by atoms with Gasteiger partial charge in [0.15, 0.2) is 11.5 Å². The Balaban J connectivity index is 1.07. The molecule has 0 radical (unpaired) electrons. The van der Waals surface area contributed by atoms with E-state index in [0.717, 1.165) is 63.0 Å². The molecule has 0 spiro atoms. The second kappa shape index (κ2) is 10.7. The predicted octanol–water partition coefficient (Wildman–Crippen LogP) is 4.12. The molecular formula is C31H37FN8O. The standard InChI is InChI=1S/C31H37FN8O/c1-2-31(41)12-9-21-3-8-27(36-28(21)31)40-20-26(32)25-19-34-30(37-29(25)40)35-22-4-6-23(7-5-22)38-15-17-39(18-16-38)24-10-13-33-14-11-24/h3-8,19-20,24,33,41H,2,9-18H2,1H3,(H,34,35,37)/t31-/m1/s1. The first-order chi connectivity index (χ1) is 20.0. The average molecular weight is 557 g/mol. The molecule has 41 heavy (non-hydrogen) atoms. The zero-order valence-corrected chi connectivity index (χ0v) is 23.5. The first-order valence-corrected chi connectivity index (χ1v) is 14.8. The number of aliphatic hydroxyl groups is 1. The molecule has 1 aromatic carbocycles. The lowest BCUT2D eigenvalue weighted by Gasteiger charge is -2.41. The number of hydrogen-bond donors (Lipinski definition) is 3. The van der Waals surface area contributed by atoms with Crippen molar-refractivity contribution in [3.63, 3.8) is 0 Å². The van der Waals surface area contributed by atoms with E-state index in [1.165, 1.54) is 30.9 Å². The van der Waals surface area contributed by atoms with Crippen LogP contribution in [0.15, 0.2) is 48.8 Å². The Labute approximate surface area is 239 Å². The van der Waals surface area contributed by atoms with E-state index in [1.54, 1.807) is 4.57 Å². The molecule has 0 bridgehead atoms. The van der Waals surface area contributed by atoms with Crippen LogP contribution in [-0.2, 0) is 12.0 Å². The van der Waals surface area contributed by atoms with Gasteiger partial charge in [-0.05, 0) is 81.1 Å². The summed E-state index contributed by atoms with van der Waals surface area (Å²) in [5.74, 6) is 0.497. The molecule has 214 valence electrons. The normalized spacial score (nSPS) is 21.9. The second-order valence-electron chi connectivity index (χ2n) is 11.5. The quantitative estimate of drug-likeness (QED) is 0.327. The lowest BCUT2D eigenvalue weighted by molar-refractivity contribution is 0.0306. The van der Waals surface area contributed by atoms with Crippen LogP contribution in [0, 0.1) is 5.82 Å². The Kier molecular flexibility index (Phi) is 6.84. The van der Waals surface area contributed by atoms with Crippen LogP contribution < -0.4 is 15.5 Å². The van der Waals surface area contributed by atoms with Gasteiger partial charge in [-0.2, -0.15) is 4.98 Å². The fourth-order valence-electron chi connectivity index (χ4n) is 6.63. The molecule has 4 aromatic rings. The summed E-state index contributed by atoms with van der Waals surface area (Å²) in [7, 11) is 0. The molecule has 2 saturated heterocycles. The van der Waals surface area contributed by atoms with E-state index in [0.29, 0.717) is 41.3 Å². The highest BCUT2D eigenvalue weighted by Gasteiger charge is 2.37. The monoisotopic (exact) mass is 556 g/mol. The van der Waals surface area contributed by atoms with Crippen LogP contribution in [0.25, 0.3) is 16.9 Å². The topological polar surface area (TPSA) is 94.4 Å². The van der Waals surface area contributed by atoms with Crippen molar-refractivity contribution < 1.29 is 9.50 Å². The summed E-state index contributed by atoms with van der Waals surface area (Å²) in [6.07, 6.45) is 7.41. The van der Waals surface area contributed by atoms with E-state index >= 15 is 0 Å². The van der Waals surface area contributed by atoms with E-state index in [1.807, 2.05) is 31.2 Å². The molecule has 9 nitrogen and oxygen atoms in total. The van der Waals surface area contributed by atoms with Crippen molar-refractivity contribution in [3.05, 3.63) is 65.9 Å². The third-order valence-corrected chi connectivity index (χ3v) is 9.17. The van der Waals surface area contributed by atoms with Gasteiger partial charge in [0, 0.05) is 56.0 Å². The number of aryl methyl sites for hydroxylation is 1. The maximum atomic E-state index is 14.9. The number of piperidine rings is 1. The van der Waals surface area contributed by atoms with E-state index in [4.69, 9.17) is 4.98 Å². The number of nitrogens with zero attached hydrogens (tertiary/aromatic N) is 6. The summed E-state index contributed by atoms with van der Waals surface area (Å²) in [6, 6.07) is 12.9. The highest BCUT2D eigenvalue weighted by molar-refractivity contribution is 5.79. The Bertz CT molecular complexity index is 1540. The Hall–Kier alpha value is -3.60. The summed E-state index contributed by atoms with van der Waals surface area (Å²) in [5.41, 5.74) is 3.28. The summed E-state index contributed by atoms with van der Waals surface area (Å²) >= 11 is 0. The van der Waals surface area contributed by atoms with Crippen molar-refractivity contribution in [1.82, 2.24) is 29.7 Å².